The van der Waals surface area contributed by atoms with Gasteiger partial charge in [0, 0.05) is 5.56 Å². The number of aliphatic hydroxyl groups excluding tert-OH is 1. The Morgan fingerprint density at radius 1 is 0.800 bits per heavy atom. The zero-order chi connectivity index (χ0) is 17.6. The first-order valence-corrected chi connectivity index (χ1v) is 7.67. The second-order valence-electron chi connectivity index (χ2n) is 5.38. The molecule has 0 heterocycles. The van der Waals surface area contributed by atoms with E-state index in [0.29, 0.717) is 22.6 Å². The Morgan fingerprint density at radius 3 is 2.20 bits per heavy atom. The van der Waals surface area contributed by atoms with Gasteiger partial charge < -0.3 is 9.84 Å². The van der Waals surface area contributed by atoms with Gasteiger partial charge in [-0.15, -0.1) is 0 Å². The molecule has 0 spiro atoms. The molecule has 0 bridgehead atoms. The highest BCUT2D eigenvalue weighted by atomic mass is 16.5. The lowest BCUT2D eigenvalue weighted by atomic mass is 10.0. The van der Waals surface area contributed by atoms with Crippen molar-refractivity contribution >= 4 is 0 Å². The Balaban J connectivity index is 1.95. The predicted molar refractivity (Wildman–Crippen MR) is 92.9 cm³/mol. The molecule has 1 unspecified atom stereocenters. The summed E-state index contributed by atoms with van der Waals surface area (Å²) in [5.41, 5.74) is 1.93. The average molecular weight is 326 g/mol. The number of hydrogen-bond acceptors (Lipinski definition) is 4. The van der Waals surface area contributed by atoms with E-state index in [9.17, 15) is 5.11 Å². The number of nitrogens with zero attached hydrogens (tertiary/aromatic N) is 2. The summed E-state index contributed by atoms with van der Waals surface area (Å²) < 4.78 is 5.87. The number of aliphatic hydroxyl groups is 1. The van der Waals surface area contributed by atoms with Crippen molar-refractivity contribution in [2.24, 2.45) is 0 Å². The van der Waals surface area contributed by atoms with Gasteiger partial charge in [-0.3, -0.25) is 0 Å². The molecule has 3 aromatic rings. The van der Waals surface area contributed by atoms with E-state index in [4.69, 9.17) is 15.3 Å². The van der Waals surface area contributed by atoms with Crippen LogP contribution in [0.25, 0.3) is 0 Å². The van der Waals surface area contributed by atoms with Gasteiger partial charge in [-0.05, 0) is 29.8 Å². The third-order valence-corrected chi connectivity index (χ3v) is 3.79. The van der Waals surface area contributed by atoms with Crippen molar-refractivity contribution in [2.45, 2.75) is 6.10 Å². The Labute approximate surface area is 145 Å². The van der Waals surface area contributed by atoms with Gasteiger partial charge in [0.25, 0.3) is 0 Å². The van der Waals surface area contributed by atoms with Gasteiger partial charge >= 0.3 is 0 Å². The first-order valence-electron chi connectivity index (χ1n) is 7.67. The molecular weight excluding hydrogens is 312 g/mol. The molecule has 0 amide bonds. The zero-order valence-corrected chi connectivity index (χ0v) is 13.3. The third kappa shape index (κ3) is 3.50. The van der Waals surface area contributed by atoms with E-state index >= 15 is 0 Å². The van der Waals surface area contributed by atoms with Gasteiger partial charge in [0.1, 0.15) is 29.7 Å². The van der Waals surface area contributed by atoms with Crippen LogP contribution in [0.15, 0.2) is 72.8 Å². The Hall–Kier alpha value is -3.60. The molecule has 1 N–H and O–H groups in total. The summed E-state index contributed by atoms with van der Waals surface area (Å²) in [5.74, 6) is 0.927. The van der Waals surface area contributed by atoms with Crippen molar-refractivity contribution < 1.29 is 9.84 Å². The zero-order valence-electron chi connectivity index (χ0n) is 13.3. The summed E-state index contributed by atoms with van der Waals surface area (Å²) in [6.07, 6.45) is -0.828. The Bertz CT molecular complexity index is 969. The molecule has 3 aromatic carbocycles. The SMILES string of the molecule is N#Cc1ccc(Oc2ccccc2C(O)c2ccccc2)cc1C#N. The van der Waals surface area contributed by atoms with Crippen LogP contribution in [-0.4, -0.2) is 5.11 Å². The topological polar surface area (TPSA) is 77.0 Å². The van der Waals surface area contributed by atoms with E-state index in [1.807, 2.05) is 54.6 Å². The number of para-hydroxylation sites is 1. The maximum absolute atomic E-state index is 10.7. The molecule has 0 aliphatic heterocycles. The van der Waals surface area contributed by atoms with Crippen LogP contribution in [-0.2, 0) is 0 Å². The molecule has 0 fully saturated rings. The second-order valence-corrected chi connectivity index (χ2v) is 5.38. The summed E-state index contributed by atoms with van der Waals surface area (Å²) in [5, 5.41) is 28.8. The Kier molecular flexibility index (Phi) is 4.76. The van der Waals surface area contributed by atoms with Gasteiger partial charge in [0.05, 0.1) is 11.1 Å². The maximum atomic E-state index is 10.7. The van der Waals surface area contributed by atoms with Crippen LogP contribution in [0.1, 0.15) is 28.4 Å². The number of hydrogen-bond donors (Lipinski definition) is 1. The first-order chi connectivity index (χ1) is 12.2. The molecule has 0 radical (unpaired) electrons. The van der Waals surface area contributed by atoms with Gasteiger partial charge in [0.15, 0.2) is 0 Å². The van der Waals surface area contributed by atoms with Gasteiger partial charge in [-0.2, -0.15) is 10.5 Å². The van der Waals surface area contributed by atoms with E-state index in [2.05, 4.69) is 0 Å². The highest BCUT2D eigenvalue weighted by Gasteiger charge is 2.16. The molecule has 4 nitrogen and oxygen atoms in total. The number of rotatable bonds is 4. The van der Waals surface area contributed by atoms with Crippen LogP contribution >= 0.6 is 0 Å². The Morgan fingerprint density at radius 2 is 1.48 bits per heavy atom. The summed E-state index contributed by atoms with van der Waals surface area (Å²) in [4.78, 5) is 0. The predicted octanol–water partition coefficient (Wildman–Crippen LogP) is 4.30. The molecule has 0 aromatic heterocycles. The highest BCUT2D eigenvalue weighted by molar-refractivity contribution is 5.51. The fourth-order valence-electron chi connectivity index (χ4n) is 2.52. The van der Waals surface area contributed by atoms with Crippen LogP contribution in [0.2, 0.25) is 0 Å². The number of benzene rings is 3. The third-order valence-electron chi connectivity index (χ3n) is 3.79. The molecular formula is C21H14N2O2. The average Bonchev–Trinajstić information content (AvgIpc) is 2.68. The minimum atomic E-state index is -0.828. The molecule has 0 aliphatic rings. The minimum Gasteiger partial charge on any atom is -0.457 e. The quantitative estimate of drug-likeness (QED) is 0.775. The fraction of sp³-hybridized carbons (Fsp3) is 0.0476. The molecule has 0 saturated carbocycles. The molecule has 0 saturated heterocycles. The summed E-state index contributed by atoms with van der Waals surface area (Å²) in [6, 6.07) is 25.1. The monoisotopic (exact) mass is 326 g/mol. The first kappa shape index (κ1) is 16.3. The maximum Gasteiger partial charge on any atom is 0.133 e. The smallest absolute Gasteiger partial charge is 0.133 e. The van der Waals surface area contributed by atoms with Crippen molar-refractivity contribution in [3.8, 4) is 23.6 Å². The van der Waals surface area contributed by atoms with E-state index < -0.39 is 6.10 Å². The van der Waals surface area contributed by atoms with E-state index in [1.54, 1.807) is 24.3 Å². The van der Waals surface area contributed by atoms with E-state index in [0.717, 1.165) is 5.56 Å². The van der Waals surface area contributed by atoms with Crippen molar-refractivity contribution in [2.75, 3.05) is 0 Å². The van der Waals surface area contributed by atoms with Crippen molar-refractivity contribution in [1.82, 2.24) is 0 Å². The molecule has 3 rings (SSSR count). The van der Waals surface area contributed by atoms with Crippen molar-refractivity contribution in [1.29, 1.82) is 10.5 Å². The van der Waals surface area contributed by atoms with E-state index in [1.165, 1.54) is 6.07 Å². The van der Waals surface area contributed by atoms with Gasteiger partial charge in [-0.25, -0.2) is 0 Å². The standard InChI is InChI=1S/C21H14N2O2/c22-13-16-10-11-18(12-17(16)14-23)25-20-9-5-4-8-19(20)21(24)15-6-2-1-3-7-15/h1-12,21,24H. The van der Waals surface area contributed by atoms with Crippen LogP contribution in [0.4, 0.5) is 0 Å². The molecule has 25 heavy (non-hydrogen) atoms. The van der Waals surface area contributed by atoms with Crippen molar-refractivity contribution in [3.63, 3.8) is 0 Å². The van der Waals surface area contributed by atoms with Crippen molar-refractivity contribution in [3.05, 3.63) is 95.1 Å². The van der Waals surface area contributed by atoms with Crippen LogP contribution in [0.5, 0.6) is 11.5 Å². The largest absolute Gasteiger partial charge is 0.457 e. The molecule has 4 heteroatoms. The fourth-order valence-corrected chi connectivity index (χ4v) is 2.52. The highest BCUT2D eigenvalue weighted by Crippen LogP contribution is 2.33. The summed E-state index contributed by atoms with van der Waals surface area (Å²) in [7, 11) is 0. The summed E-state index contributed by atoms with van der Waals surface area (Å²) >= 11 is 0. The van der Waals surface area contributed by atoms with Crippen LogP contribution in [0.3, 0.4) is 0 Å². The lowest BCUT2D eigenvalue weighted by Gasteiger charge is -2.16. The minimum absolute atomic E-state index is 0.251. The normalized spacial score (nSPS) is 11.2. The van der Waals surface area contributed by atoms with Crippen LogP contribution in [0, 0.1) is 22.7 Å². The molecule has 1 atom stereocenters. The van der Waals surface area contributed by atoms with Gasteiger partial charge in [-0.1, -0.05) is 48.5 Å². The lowest BCUT2D eigenvalue weighted by Crippen LogP contribution is -2.02. The second kappa shape index (κ2) is 7.31. The molecule has 120 valence electrons. The van der Waals surface area contributed by atoms with Gasteiger partial charge in [0.2, 0.25) is 0 Å². The summed E-state index contributed by atoms with van der Waals surface area (Å²) in [6.45, 7) is 0. The van der Waals surface area contributed by atoms with Crippen LogP contribution < -0.4 is 4.74 Å². The lowest BCUT2D eigenvalue weighted by molar-refractivity contribution is 0.216. The van der Waals surface area contributed by atoms with E-state index in [-0.39, 0.29) is 5.56 Å². The number of ether oxygens (including phenoxy) is 1. The molecule has 0 aliphatic carbocycles. The number of nitriles is 2.